The van der Waals surface area contributed by atoms with Gasteiger partial charge in [-0.15, -0.1) is 0 Å². The molecule has 0 saturated carbocycles. The lowest BCUT2D eigenvalue weighted by atomic mass is 9.92. The molecule has 2 heteroatoms. The van der Waals surface area contributed by atoms with Crippen molar-refractivity contribution < 1.29 is 8.90 Å². The molecule has 3 fully saturated rings. The topological polar surface area (TPSA) is 13.1 Å². The predicted octanol–water partition coefficient (Wildman–Crippen LogP) is 1.94. The molecule has 0 aromatic carbocycles. The quantitative estimate of drug-likeness (QED) is 0.490. The second-order valence-electron chi connectivity index (χ2n) is 5.33. The van der Waals surface area contributed by atoms with Crippen molar-refractivity contribution in [3.8, 4) is 0 Å². The third-order valence-corrected chi connectivity index (χ3v) is 4.80. The van der Waals surface area contributed by atoms with E-state index in [4.69, 9.17) is 4.42 Å². The molecule has 0 aliphatic carbocycles. The Bertz CT molecular complexity index is 531. The largest absolute Gasteiger partial charge is 0.457 e. The third kappa shape index (κ3) is 0.517. The molecule has 0 amide bonds. The van der Waals surface area contributed by atoms with Gasteiger partial charge in [-0.2, -0.15) is 0 Å². The molecule has 2 aromatic rings. The number of rotatable bonds is 1. The number of furan rings is 2. The number of nitrogens with zero attached hydrogens (tertiary/aromatic N) is 1. The molecule has 2 bridgehead atoms. The van der Waals surface area contributed by atoms with Gasteiger partial charge in [-0.05, 0) is 18.2 Å². The lowest BCUT2D eigenvalue weighted by molar-refractivity contribution is -0.673. The number of hydrogen-bond acceptors (Lipinski definition) is 1. The van der Waals surface area contributed by atoms with Gasteiger partial charge in [0, 0.05) is 12.0 Å². The Labute approximate surface area is 82.0 Å². The van der Waals surface area contributed by atoms with Crippen molar-refractivity contribution in [3.05, 3.63) is 23.8 Å². The van der Waals surface area contributed by atoms with Crippen molar-refractivity contribution in [2.75, 3.05) is 13.1 Å². The Morgan fingerprint density at radius 1 is 1.29 bits per heavy atom. The SMILES string of the molecule is c1cc2oc1cc2C1CC2C[N+]23CC13. The highest BCUT2D eigenvalue weighted by molar-refractivity contribution is 5.67. The molecule has 4 unspecified atom stereocenters. The van der Waals surface area contributed by atoms with Gasteiger partial charge in [0.25, 0.3) is 0 Å². The van der Waals surface area contributed by atoms with Crippen LogP contribution < -0.4 is 0 Å². The van der Waals surface area contributed by atoms with Crippen molar-refractivity contribution in [1.29, 1.82) is 0 Å². The zero-order chi connectivity index (χ0) is 8.91. The molecule has 2 aromatic heterocycles. The summed E-state index contributed by atoms with van der Waals surface area (Å²) in [6.07, 6.45) is 1.42. The standard InChI is InChI=1S/C12H12NO/c1-2-12-10(4-8(1)14-12)9-3-7-5-13(7)6-11(9)13/h1-2,4,7,9,11H,3,5-6H2/q+1. The fraction of sp³-hybridized carbons (Fsp3) is 0.500. The van der Waals surface area contributed by atoms with Crippen molar-refractivity contribution in [2.45, 2.75) is 24.4 Å². The van der Waals surface area contributed by atoms with Crippen LogP contribution in [-0.4, -0.2) is 29.7 Å². The van der Waals surface area contributed by atoms with Gasteiger partial charge >= 0.3 is 0 Å². The van der Waals surface area contributed by atoms with Gasteiger partial charge in [-0.3, -0.25) is 4.48 Å². The van der Waals surface area contributed by atoms with Crippen LogP contribution in [-0.2, 0) is 0 Å². The summed E-state index contributed by atoms with van der Waals surface area (Å²) in [5, 5.41) is 0. The van der Waals surface area contributed by atoms with E-state index in [1.54, 1.807) is 0 Å². The van der Waals surface area contributed by atoms with Gasteiger partial charge in [0.05, 0.1) is 5.92 Å². The van der Waals surface area contributed by atoms with Crippen LogP contribution in [0.5, 0.6) is 0 Å². The fourth-order valence-corrected chi connectivity index (χ4v) is 3.93. The van der Waals surface area contributed by atoms with Gasteiger partial charge in [0.2, 0.25) is 0 Å². The van der Waals surface area contributed by atoms with E-state index < -0.39 is 0 Å². The Hall–Kier alpha value is -1.02. The summed E-state index contributed by atoms with van der Waals surface area (Å²) in [4.78, 5) is 0. The zero-order valence-corrected chi connectivity index (χ0v) is 7.94. The maximum atomic E-state index is 5.63. The maximum Gasteiger partial charge on any atom is 0.147 e. The fourth-order valence-electron chi connectivity index (χ4n) is 3.93. The Morgan fingerprint density at radius 2 is 2.29 bits per heavy atom. The minimum absolute atomic E-state index is 0.825. The average Bonchev–Trinajstić information content (AvgIpc) is 2.92. The predicted molar refractivity (Wildman–Crippen MR) is 52.3 cm³/mol. The summed E-state index contributed by atoms with van der Waals surface area (Å²) < 4.78 is 7.12. The van der Waals surface area contributed by atoms with Gasteiger partial charge in [-0.1, -0.05) is 0 Å². The van der Waals surface area contributed by atoms with Crippen LogP contribution in [0.3, 0.4) is 0 Å². The van der Waals surface area contributed by atoms with E-state index in [1.807, 2.05) is 0 Å². The van der Waals surface area contributed by atoms with E-state index in [9.17, 15) is 0 Å². The van der Waals surface area contributed by atoms with Crippen LogP contribution >= 0.6 is 0 Å². The van der Waals surface area contributed by atoms with E-state index >= 15 is 0 Å². The van der Waals surface area contributed by atoms with E-state index in [2.05, 4.69) is 18.2 Å². The third-order valence-electron chi connectivity index (χ3n) is 4.80. The summed E-state index contributed by atoms with van der Waals surface area (Å²) in [6.45, 7) is 2.94. The number of quaternary nitrogens is 1. The maximum absolute atomic E-state index is 5.63. The Balaban J connectivity index is 1.66. The monoisotopic (exact) mass is 186 g/mol. The molecule has 5 heterocycles. The molecule has 3 saturated heterocycles. The minimum Gasteiger partial charge on any atom is -0.457 e. The molecule has 2 nitrogen and oxygen atoms in total. The summed E-state index contributed by atoms with van der Waals surface area (Å²) in [5.74, 6) is 0.825. The normalized spacial score (nSPS) is 48.1. The summed E-state index contributed by atoms with van der Waals surface area (Å²) >= 11 is 0. The van der Waals surface area contributed by atoms with Crippen molar-refractivity contribution >= 4 is 11.2 Å². The summed E-state index contributed by atoms with van der Waals surface area (Å²) in [5.41, 5.74) is 3.73. The van der Waals surface area contributed by atoms with Crippen molar-refractivity contribution in [3.63, 3.8) is 0 Å². The number of fused-ring (bicyclic) bond motifs is 2. The molecular weight excluding hydrogens is 174 g/mol. The first-order valence-corrected chi connectivity index (χ1v) is 5.55. The van der Waals surface area contributed by atoms with Crippen molar-refractivity contribution in [2.24, 2.45) is 0 Å². The summed E-state index contributed by atoms with van der Waals surface area (Å²) in [7, 11) is 0. The van der Waals surface area contributed by atoms with Crippen LogP contribution in [0.15, 0.2) is 22.6 Å². The molecule has 70 valence electrons. The molecule has 1 spiro atoms. The van der Waals surface area contributed by atoms with Crippen LogP contribution in [0.25, 0.3) is 11.2 Å². The number of benzene rings is 1. The second kappa shape index (κ2) is 1.61. The smallest absolute Gasteiger partial charge is 0.147 e. The van der Waals surface area contributed by atoms with E-state index in [0.29, 0.717) is 0 Å². The Morgan fingerprint density at radius 3 is 2.86 bits per heavy atom. The van der Waals surface area contributed by atoms with Gasteiger partial charge in [-0.25, -0.2) is 0 Å². The summed E-state index contributed by atoms with van der Waals surface area (Å²) in [6, 6.07) is 8.47. The van der Waals surface area contributed by atoms with Crippen LogP contribution in [0.2, 0.25) is 0 Å². The highest BCUT2D eigenvalue weighted by Crippen LogP contribution is 2.63. The molecule has 14 heavy (non-hydrogen) atoms. The first kappa shape index (κ1) is 6.46. The molecule has 4 atom stereocenters. The first-order valence-electron chi connectivity index (χ1n) is 5.55. The molecule has 0 radical (unpaired) electrons. The van der Waals surface area contributed by atoms with Crippen LogP contribution in [0.1, 0.15) is 17.9 Å². The number of piperidine rings is 2. The Kier molecular flexibility index (Phi) is 0.742. The minimum atomic E-state index is 0.825. The molecule has 5 rings (SSSR count). The van der Waals surface area contributed by atoms with Gasteiger partial charge in [0.15, 0.2) is 0 Å². The zero-order valence-electron chi connectivity index (χ0n) is 7.94. The molecule has 3 aliphatic heterocycles. The van der Waals surface area contributed by atoms with Crippen LogP contribution in [0.4, 0.5) is 0 Å². The molecule has 3 aliphatic rings. The van der Waals surface area contributed by atoms with E-state index in [1.165, 1.54) is 29.6 Å². The van der Waals surface area contributed by atoms with E-state index in [-0.39, 0.29) is 0 Å². The average molecular weight is 186 g/mol. The van der Waals surface area contributed by atoms with E-state index in [0.717, 1.165) is 29.2 Å². The second-order valence-corrected chi connectivity index (χ2v) is 5.33. The molecular formula is C12H12NO+. The van der Waals surface area contributed by atoms with Gasteiger partial charge < -0.3 is 4.42 Å². The first-order chi connectivity index (χ1) is 6.87. The van der Waals surface area contributed by atoms with Gasteiger partial charge in [0.1, 0.15) is 36.3 Å². The lowest BCUT2D eigenvalue weighted by Crippen LogP contribution is -2.06. The molecule has 0 N–H and O–H groups in total. The van der Waals surface area contributed by atoms with Crippen molar-refractivity contribution in [1.82, 2.24) is 0 Å². The highest BCUT2D eigenvalue weighted by Gasteiger charge is 2.80. The lowest BCUT2D eigenvalue weighted by Gasteiger charge is -2.05. The highest BCUT2D eigenvalue weighted by atomic mass is 16.3. The number of hydrogen-bond donors (Lipinski definition) is 0. The van der Waals surface area contributed by atoms with Crippen LogP contribution in [0, 0.1) is 0 Å².